The lowest BCUT2D eigenvalue weighted by atomic mass is 10.2. The van der Waals surface area contributed by atoms with Crippen LogP contribution in [0.25, 0.3) is 0 Å². The summed E-state index contributed by atoms with van der Waals surface area (Å²) < 4.78 is 0. The Bertz CT molecular complexity index is 328. The van der Waals surface area contributed by atoms with Gasteiger partial charge in [0.2, 0.25) is 0 Å². The predicted octanol–water partition coefficient (Wildman–Crippen LogP) is 2.97. The molecule has 0 aliphatic carbocycles. The number of rotatable bonds is 1. The van der Waals surface area contributed by atoms with E-state index in [1.165, 1.54) is 13.8 Å². The van der Waals surface area contributed by atoms with E-state index in [0.717, 1.165) is 5.56 Å². The maximum atomic E-state index is 10.6. The molecule has 3 heteroatoms. The molecule has 76 valence electrons. The van der Waals surface area contributed by atoms with Crippen molar-refractivity contribution in [2.75, 3.05) is 0 Å². The van der Waals surface area contributed by atoms with Crippen LogP contribution in [0, 0.1) is 6.92 Å². The molecule has 0 aliphatic rings. The van der Waals surface area contributed by atoms with Crippen LogP contribution in [0.15, 0.2) is 24.3 Å². The van der Waals surface area contributed by atoms with Gasteiger partial charge in [0.25, 0.3) is 5.24 Å². The van der Waals surface area contributed by atoms with Gasteiger partial charge in [-0.15, -0.1) is 0 Å². The Morgan fingerprint density at radius 3 is 2.00 bits per heavy atom. The number of hydrogen-bond acceptors (Lipinski definition) is 2. The zero-order valence-electron chi connectivity index (χ0n) is 8.50. The fourth-order valence-electron chi connectivity index (χ4n) is 0.767. The highest BCUT2D eigenvalue weighted by molar-refractivity contribution is 6.67. The summed E-state index contributed by atoms with van der Waals surface area (Å²) in [5.74, 6) is 0.167. The fourth-order valence-corrected chi connectivity index (χ4v) is 0.885. The second-order valence-electron chi connectivity index (χ2n) is 3.05. The number of ketones is 1. The van der Waals surface area contributed by atoms with Gasteiger partial charge in [0.15, 0.2) is 0 Å². The molecule has 0 atom stereocenters. The summed E-state index contributed by atoms with van der Waals surface area (Å²) in [5, 5.41) is -0.399. The number of hydrogen-bond donors (Lipinski definition) is 0. The Hall–Kier alpha value is -1.15. The zero-order chi connectivity index (χ0) is 11.1. The van der Waals surface area contributed by atoms with Crippen LogP contribution in [0.2, 0.25) is 0 Å². The molecule has 0 fully saturated rings. The van der Waals surface area contributed by atoms with Crippen molar-refractivity contribution in [3.63, 3.8) is 0 Å². The van der Waals surface area contributed by atoms with Gasteiger partial charge in [0, 0.05) is 5.56 Å². The van der Waals surface area contributed by atoms with E-state index in [-0.39, 0.29) is 5.78 Å². The van der Waals surface area contributed by atoms with Crippen molar-refractivity contribution in [2.45, 2.75) is 20.8 Å². The molecule has 0 spiro atoms. The first-order valence-electron chi connectivity index (χ1n) is 4.17. The molecule has 0 bridgehead atoms. The average Bonchev–Trinajstić information content (AvgIpc) is 2.03. The maximum absolute atomic E-state index is 10.6. The summed E-state index contributed by atoms with van der Waals surface area (Å²) in [7, 11) is 0. The number of Topliss-reactive ketones (excluding diaryl/α,β-unsaturated/α-hetero) is 1. The number of carbonyl (C=O) groups is 2. The van der Waals surface area contributed by atoms with Crippen LogP contribution in [0.4, 0.5) is 0 Å². The SMILES string of the molecule is CC(C)=O.Cc1cccc(C(=O)Cl)c1. The summed E-state index contributed by atoms with van der Waals surface area (Å²) in [6.07, 6.45) is 0. The van der Waals surface area contributed by atoms with Crippen molar-refractivity contribution in [3.05, 3.63) is 35.4 Å². The van der Waals surface area contributed by atoms with Crippen molar-refractivity contribution in [3.8, 4) is 0 Å². The molecule has 0 saturated heterocycles. The van der Waals surface area contributed by atoms with Gasteiger partial charge in [0.05, 0.1) is 0 Å². The quantitative estimate of drug-likeness (QED) is 0.671. The van der Waals surface area contributed by atoms with Gasteiger partial charge in [-0.1, -0.05) is 23.8 Å². The predicted molar refractivity (Wildman–Crippen MR) is 57.7 cm³/mol. The van der Waals surface area contributed by atoms with E-state index in [0.29, 0.717) is 5.56 Å². The summed E-state index contributed by atoms with van der Waals surface area (Å²) >= 11 is 5.24. The van der Waals surface area contributed by atoms with Crippen LogP contribution in [-0.2, 0) is 4.79 Å². The molecular formula is C11H13ClO2. The summed E-state index contributed by atoms with van der Waals surface area (Å²) in [4.78, 5) is 20.0. The van der Waals surface area contributed by atoms with E-state index in [1.807, 2.05) is 19.1 Å². The van der Waals surface area contributed by atoms with Crippen molar-refractivity contribution in [1.82, 2.24) is 0 Å². The van der Waals surface area contributed by atoms with Gasteiger partial charge >= 0.3 is 0 Å². The highest BCUT2D eigenvalue weighted by Gasteiger charge is 1.98. The first kappa shape index (κ1) is 12.8. The summed E-state index contributed by atoms with van der Waals surface area (Å²) in [6.45, 7) is 4.98. The molecule has 0 radical (unpaired) electrons. The minimum atomic E-state index is -0.399. The Balaban J connectivity index is 0.000000364. The van der Waals surface area contributed by atoms with Gasteiger partial charge in [-0.05, 0) is 38.4 Å². The maximum Gasteiger partial charge on any atom is 0.252 e. The van der Waals surface area contributed by atoms with Crippen molar-refractivity contribution >= 4 is 22.6 Å². The third-order valence-corrected chi connectivity index (χ3v) is 1.46. The zero-order valence-corrected chi connectivity index (χ0v) is 9.26. The molecule has 1 rings (SSSR count). The lowest BCUT2D eigenvalue weighted by Crippen LogP contribution is -1.87. The molecule has 0 saturated carbocycles. The molecular weight excluding hydrogens is 200 g/mol. The number of aryl methyl sites for hydroxylation is 1. The smallest absolute Gasteiger partial charge is 0.252 e. The lowest BCUT2D eigenvalue weighted by Gasteiger charge is -1.93. The van der Waals surface area contributed by atoms with Crippen LogP contribution >= 0.6 is 11.6 Å². The van der Waals surface area contributed by atoms with Crippen LogP contribution in [0.1, 0.15) is 29.8 Å². The second-order valence-corrected chi connectivity index (χ2v) is 3.39. The summed E-state index contributed by atoms with van der Waals surface area (Å²) in [5.41, 5.74) is 1.60. The van der Waals surface area contributed by atoms with Gasteiger partial charge in [-0.25, -0.2) is 0 Å². The van der Waals surface area contributed by atoms with Crippen molar-refractivity contribution < 1.29 is 9.59 Å². The molecule has 2 nitrogen and oxygen atoms in total. The number of benzene rings is 1. The van der Waals surface area contributed by atoms with Gasteiger partial charge < -0.3 is 4.79 Å². The normalized spacial score (nSPS) is 8.57. The topological polar surface area (TPSA) is 34.1 Å². The minimum Gasteiger partial charge on any atom is -0.300 e. The Morgan fingerprint density at radius 1 is 1.21 bits per heavy atom. The lowest BCUT2D eigenvalue weighted by molar-refractivity contribution is -0.114. The number of carbonyl (C=O) groups excluding carboxylic acids is 2. The van der Waals surface area contributed by atoms with Crippen LogP contribution < -0.4 is 0 Å². The van der Waals surface area contributed by atoms with E-state index in [4.69, 9.17) is 11.6 Å². The standard InChI is InChI=1S/C8H7ClO.C3H6O/c1-6-3-2-4-7(5-6)8(9)10;1-3(2)4/h2-5H,1H3;1-2H3. The molecule has 0 aromatic heterocycles. The fraction of sp³-hybridized carbons (Fsp3) is 0.273. The van der Waals surface area contributed by atoms with Crippen LogP contribution in [0.5, 0.6) is 0 Å². The minimum absolute atomic E-state index is 0.167. The third-order valence-electron chi connectivity index (χ3n) is 1.25. The Kier molecular flexibility index (Phi) is 5.81. The molecule has 0 N–H and O–H groups in total. The highest BCUT2D eigenvalue weighted by atomic mass is 35.5. The summed E-state index contributed by atoms with van der Waals surface area (Å²) in [6, 6.07) is 7.19. The van der Waals surface area contributed by atoms with E-state index < -0.39 is 5.24 Å². The van der Waals surface area contributed by atoms with Gasteiger partial charge in [-0.2, -0.15) is 0 Å². The Labute approximate surface area is 88.9 Å². The highest BCUT2D eigenvalue weighted by Crippen LogP contribution is 2.05. The van der Waals surface area contributed by atoms with Crippen LogP contribution in [-0.4, -0.2) is 11.0 Å². The molecule has 0 aliphatic heterocycles. The Morgan fingerprint density at radius 2 is 1.71 bits per heavy atom. The average molecular weight is 213 g/mol. The van der Waals surface area contributed by atoms with Crippen LogP contribution in [0.3, 0.4) is 0 Å². The second kappa shape index (κ2) is 6.33. The monoisotopic (exact) mass is 212 g/mol. The largest absolute Gasteiger partial charge is 0.300 e. The third kappa shape index (κ3) is 6.38. The molecule has 0 heterocycles. The van der Waals surface area contributed by atoms with Gasteiger partial charge in [0.1, 0.15) is 5.78 Å². The number of halogens is 1. The molecule has 1 aromatic rings. The molecule has 0 amide bonds. The van der Waals surface area contributed by atoms with E-state index in [9.17, 15) is 9.59 Å². The molecule has 1 aromatic carbocycles. The van der Waals surface area contributed by atoms with Crippen molar-refractivity contribution in [1.29, 1.82) is 0 Å². The first-order chi connectivity index (χ1) is 6.43. The van der Waals surface area contributed by atoms with E-state index in [2.05, 4.69) is 0 Å². The van der Waals surface area contributed by atoms with Gasteiger partial charge in [-0.3, -0.25) is 4.79 Å². The van der Waals surface area contributed by atoms with Crippen molar-refractivity contribution in [2.24, 2.45) is 0 Å². The first-order valence-corrected chi connectivity index (χ1v) is 4.55. The molecule has 14 heavy (non-hydrogen) atoms. The van der Waals surface area contributed by atoms with E-state index >= 15 is 0 Å². The van der Waals surface area contributed by atoms with E-state index in [1.54, 1.807) is 12.1 Å². The molecule has 0 unspecified atom stereocenters.